The lowest BCUT2D eigenvalue weighted by molar-refractivity contribution is 0.0518. The van der Waals surface area contributed by atoms with Gasteiger partial charge in [-0.25, -0.2) is 0 Å². The zero-order chi connectivity index (χ0) is 15.4. The highest BCUT2D eigenvalue weighted by molar-refractivity contribution is 7.16. The van der Waals surface area contributed by atoms with Gasteiger partial charge in [0.25, 0.3) is 0 Å². The molecule has 2 saturated heterocycles. The molecule has 3 rings (SSSR count). The predicted molar refractivity (Wildman–Crippen MR) is 92.7 cm³/mol. The van der Waals surface area contributed by atoms with Gasteiger partial charge >= 0.3 is 0 Å². The SMILES string of the molecule is OCCN1CCN(C2CCN(Cc3ccc(Cl)s3)CC2)CC1. The molecule has 6 heteroatoms. The quantitative estimate of drug-likeness (QED) is 0.885. The third kappa shape index (κ3) is 4.43. The Hall–Kier alpha value is -0.170. The monoisotopic (exact) mass is 343 g/mol. The number of aliphatic hydroxyl groups excluding tert-OH is 1. The summed E-state index contributed by atoms with van der Waals surface area (Å²) >= 11 is 7.71. The fourth-order valence-electron chi connectivity index (χ4n) is 3.59. The van der Waals surface area contributed by atoms with Gasteiger partial charge in [0.1, 0.15) is 0 Å². The molecule has 0 saturated carbocycles. The van der Waals surface area contributed by atoms with Gasteiger partial charge in [-0.2, -0.15) is 0 Å². The Kier molecular flexibility index (Phi) is 6.13. The van der Waals surface area contributed by atoms with E-state index in [4.69, 9.17) is 16.7 Å². The molecule has 1 N–H and O–H groups in total. The zero-order valence-electron chi connectivity index (χ0n) is 13.1. The molecule has 1 aromatic heterocycles. The van der Waals surface area contributed by atoms with Gasteiger partial charge in [-0.05, 0) is 25.0 Å². The van der Waals surface area contributed by atoms with Gasteiger partial charge in [0.2, 0.25) is 0 Å². The van der Waals surface area contributed by atoms with E-state index in [1.54, 1.807) is 11.3 Å². The van der Waals surface area contributed by atoms with Crippen LogP contribution in [-0.2, 0) is 6.54 Å². The molecule has 0 amide bonds. The summed E-state index contributed by atoms with van der Waals surface area (Å²) in [6, 6.07) is 4.90. The van der Waals surface area contributed by atoms with Crippen molar-refractivity contribution < 1.29 is 5.11 Å². The van der Waals surface area contributed by atoms with Crippen molar-refractivity contribution in [2.75, 3.05) is 52.4 Å². The molecule has 2 aliphatic rings. The van der Waals surface area contributed by atoms with E-state index < -0.39 is 0 Å². The number of nitrogens with zero attached hydrogens (tertiary/aromatic N) is 3. The van der Waals surface area contributed by atoms with E-state index in [2.05, 4.69) is 20.8 Å². The number of hydrogen-bond acceptors (Lipinski definition) is 5. The molecule has 0 bridgehead atoms. The Morgan fingerprint density at radius 2 is 1.77 bits per heavy atom. The third-order valence-electron chi connectivity index (χ3n) is 4.90. The maximum absolute atomic E-state index is 9.02. The molecule has 1 aromatic rings. The first-order chi connectivity index (χ1) is 10.7. The van der Waals surface area contributed by atoms with Gasteiger partial charge in [0.05, 0.1) is 10.9 Å². The number of likely N-dealkylation sites (tertiary alicyclic amines) is 1. The van der Waals surface area contributed by atoms with Crippen molar-refractivity contribution in [3.05, 3.63) is 21.3 Å². The van der Waals surface area contributed by atoms with Crippen LogP contribution in [-0.4, -0.2) is 78.3 Å². The van der Waals surface area contributed by atoms with E-state index in [1.165, 1.54) is 30.8 Å². The van der Waals surface area contributed by atoms with Crippen molar-refractivity contribution in [3.63, 3.8) is 0 Å². The number of piperidine rings is 1. The standard InChI is InChI=1S/C16H26ClN3OS/c17-16-2-1-15(22-16)13-19-5-3-14(4-6-19)20-9-7-18(8-10-20)11-12-21/h1-2,14,21H,3-13H2. The molecule has 3 heterocycles. The second kappa shape index (κ2) is 8.08. The number of aliphatic hydroxyl groups is 1. The molecule has 124 valence electrons. The van der Waals surface area contributed by atoms with Gasteiger partial charge in [0.15, 0.2) is 0 Å². The number of piperazine rings is 1. The zero-order valence-corrected chi connectivity index (χ0v) is 14.7. The van der Waals surface area contributed by atoms with Crippen molar-refractivity contribution in [1.82, 2.24) is 14.7 Å². The van der Waals surface area contributed by atoms with Crippen molar-refractivity contribution >= 4 is 22.9 Å². The van der Waals surface area contributed by atoms with E-state index in [-0.39, 0.29) is 6.61 Å². The van der Waals surface area contributed by atoms with Crippen LogP contribution < -0.4 is 0 Å². The van der Waals surface area contributed by atoms with Gasteiger partial charge < -0.3 is 5.11 Å². The normalized spacial score (nSPS) is 23.2. The minimum absolute atomic E-state index is 0.283. The van der Waals surface area contributed by atoms with Crippen LogP contribution in [0.5, 0.6) is 0 Å². The summed E-state index contributed by atoms with van der Waals surface area (Å²) in [5, 5.41) is 9.02. The second-order valence-electron chi connectivity index (χ2n) is 6.31. The van der Waals surface area contributed by atoms with Crippen LogP contribution in [0.3, 0.4) is 0 Å². The van der Waals surface area contributed by atoms with Gasteiger partial charge in [-0.3, -0.25) is 14.7 Å². The molecule has 0 radical (unpaired) electrons. The summed E-state index contributed by atoms with van der Waals surface area (Å²) in [5.41, 5.74) is 0. The molecule has 4 nitrogen and oxygen atoms in total. The lowest BCUT2D eigenvalue weighted by atomic mass is 10.0. The molecular weight excluding hydrogens is 318 g/mol. The van der Waals surface area contributed by atoms with Crippen LogP contribution >= 0.6 is 22.9 Å². The average Bonchev–Trinajstić information content (AvgIpc) is 2.94. The molecule has 0 aliphatic carbocycles. The van der Waals surface area contributed by atoms with Crippen LogP contribution in [0.1, 0.15) is 17.7 Å². The topological polar surface area (TPSA) is 30.0 Å². The van der Waals surface area contributed by atoms with Gasteiger partial charge in [0, 0.05) is 63.3 Å². The Labute approximate surface area is 142 Å². The first kappa shape index (κ1) is 16.7. The van der Waals surface area contributed by atoms with E-state index >= 15 is 0 Å². The molecule has 2 fully saturated rings. The fourth-order valence-corrected chi connectivity index (χ4v) is 4.72. The highest BCUT2D eigenvalue weighted by Gasteiger charge is 2.27. The lowest BCUT2D eigenvalue weighted by Gasteiger charge is -2.42. The maximum Gasteiger partial charge on any atom is 0.0931 e. The molecule has 0 aromatic carbocycles. The summed E-state index contributed by atoms with van der Waals surface area (Å²) in [5.74, 6) is 0. The Morgan fingerprint density at radius 1 is 1.05 bits per heavy atom. The first-order valence-corrected chi connectivity index (χ1v) is 9.48. The largest absolute Gasteiger partial charge is 0.395 e. The van der Waals surface area contributed by atoms with Crippen LogP contribution in [0.2, 0.25) is 4.34 Å². The van der Waals surface area contributed by atoms with Crippen molar-refractivity contribution in [1.29, 1.82) is 0 Å². The Balaban J connectivity index is 1.40. The van der Waals surface area contributed by atoms with Crippen molar-refractivity contribution in [2.24, 2.45) is 0 Å². The number of rotatable bonds is 5. The van der Waals surface area contributed by atoms with E-state index in [9.17, 15) is 0 Å². The maximum atomic E-state index is 9.02. The van der Waals surface area contributed by atoms with Crippen LogP contribution in [0.4, 0.5) is 0 Å². The molecule has 2 aliphatic heterocycles. The lowest BCUT2D eigenvalue weighted by Crippen LogP contribution is -2.53. The fraction of sp³-hybridized carbons (Fsp3) is 0.750. The molecular formula is C16H26ClN3OS. The predicted octanol–water partition coefficient (Wildman–Crippen LogP) is 1.98. The van der Waals surface area contributed by atoms with Crippen LogP contribution in [0.25, 0.3) is 0 Å². The van der Waals surface area contributed by atoms with Crippen LogP contribution in [0, 0.1) is 0 Å². The summed E-state index contributed by atoms with van der Waals surface area (Å²) in [4.78, 5) is 8.96. The number of thiophene rings is 1. The second-order valence-corrected chi connectivity index (χ2v) is 8.11. The van der Waals surface area contributed by atoms with Gasteiger partial charge in [-0.1, -0.05) is 11.6 Å². The highest BCUT2D eigenvalue weighted by atomic mass is 35.5. The summed E-state index contributed by atoms with van der Waals surface area (Å²) in [6.07, 6.45) is 2.55. The highest BCUT2D eigenvalue weighted by Crippen LogP contribution is 2.25. The number of halogens is 1. The summed E-state index contributed by atoms with van der Waals surface area (Å²) in [7, 11) is 0. The minimum Gasteiger partial charge on any atom is -0.395 e. The number of β-amino-alcohol motifs (C(OH)–C–C–N with tert-alkyl or cyclic N) is 1. The summed E-state index contributed by atoms with van der Waals surface area (Å²) in [6.45, 7) is 9.07. The molecule has 0 atom stereocenters. The van der Waals surface area contributed by atoms with Crippen molar-refractivity contribution in [2.45, 2.75) is 25.4 Å². The molecule has 0 spiro atoms. The average molecular weight is 344 g/mol. The molecule has 22 heavy (non-hydrogen) atoms. The van der Waals surface area contributed by atoms with Crippen molar-refractivity contribution in [3.8, 4) is 0 Å². The Morgan fingerprint density at radius 3 is 2.36 bits per heavy atom. The number of hydrogen-bond donors (Lipinski definition) is 1. The first-order valence-electron chi connectivity index (χ1n) is 8.28. The van der Waals surface area contributed by atoms with E-state index in [1.807, 2.05) is 6.07 Å². The Bertz CT molecular complexity index is 454. The molecule has 0 unspecified atom stereocenters. The third-order valence-corrected chi connectivity index (χ3v) is 6.12. The van der Waals surface area contributed by atoms with Gasteiger partial charge in [-0.15, -0.1) is 11.3 Å². The smallest absolute Gasteiger partial charge is 0.0931 e. The minimum atomic E-state index is 0.283. The van der Waals surface area contributed by atoms with Crippen LogP contribution in [0.15, 0.2) is 12.1 Å². The summed E-state index contributed by atoms with van der Waals surface area (Å²) < 4.78 is 0.894. The van der Waals surface area contributed by atoms with E-state index in [0.29, 0.717) is 0 Å². The van der Waals surface area contributed by atoms with E-state index in [0.717, 1.165) is 49.6 Å².